The number of rotatable bonds is 2. The van der Waals surface area contributed by atoms with E-state index in [1.807, 2.05) is 36.7 Å². The van der Waals surface area contributed by atoms with Gasteiger partial charge in [-0.1, -0.05) is 5.59 Å². The van der Waals surface area contributed by atoms with Crippen LogP contribution >= 0.6 is 0 Å². The number of fused-ring (bicyclic) bond motifs is 1. The molecular formula is C13H10N4O2. The Kier molecular flexibility index (Phi) is 2.09. The number of hydrazine groups is 1. The number of hydrogen-bond donors (Lipinski definition) is 2. The summed E-state index contributed by atoms with van der Waals surface area (Å²) in [6.45, 7) is 0. The number of furan rings is 1. The van der Waals surface area contributed by atoms with Gasteiger partial charge in [-0.3, -0.25) is 0 Å². The molecule has 0 amide bonds. The van der Waals surface area contributed by atoms with Gasteiger partial charge in [-0.2, -0.15) is 0 Å². The molecule has 1 aliphatic rings. The van der Waals surface area contributed by atoms with Gasteiger partial charge in [0, 0.05) is 17.8 Å². The zero-order valence-corrected chi connectivity index (χ0v) is 9.83. The summed E-state index contributed by atoms with van der Waals surface area (Å²) < 4.78 is 5.30. The summed E-state index contributed by atoms with van der Waals surface area (Å²) in [5.74, 6) is 1.31. The molecule has 94 valence electrons. The molecule has 0 aromatic carbocycles. The molecule has 0 saturated heterocycles. The molecule has 6 nitrogen and oxygen atoms in total. The van der Waals surface area contributed by atoms with Crippen molar-refractivity contribution in [3.8, 4) is 0 Å². The molecule has 2 N–H and O–H groups in total. The lowest BCUT2D eigenvalue weighted by atomic mass is 10.3. The summed E-state index contributed by atoms with van der Waals surface area (Å²) in [5, 5.41) is 2.80. The van der Waals surface area contributed by atoms with Crippen LogP contribution in [-0.2, 0) is 4.84 Å². The standard InChI is InChI=1S/C13H10N4O2/c1-2-11(18-7-1)12-8-17(16-19-12)10-4-6-15-13-9(10)3-5-14-13/h1-8,16H,(H,14,15). The fourth-order valence-electron chi connectivity index (χ4n) is 2.08. The molecular weight excluding hydrogens is 244 g/mol. The average molecular weight is 254 g/mol. The van der Waals surface area contributed by atoms with E-state index in [-0.39, 0.29) is 0 Å². The summed E-state index contributed by atoms with van der Waals surface area (Å²) in [5.41, 5.74) is 4.62. The van der Waals surface area contributed by atoms with E-state index in [9.17, 15) is 0 Å². The number of nitrogens with zero attached hydrogens (tertiary/aromatic N) is 2. The highest BCUT2D eigenvalue weighted by Crippen LogP contribution is 2.28. The lowest BCUT2D eigenvalue weighted by Gasteiger charge is -2.14. The van der Waals surface area contributed by atoms with E-state index >= 15 is 0 Å². The second kappa shape index (κ2) is 3.89. The van der Waals surface area contributed by atoms with Crippen LogP contribution in [0.1, 0.15) is 5.76 Å². The summed E-state index contributed by atoms with van der Waals surface area (Å²) in [7, 11) is 0. The number of hydrogen-bond acceptors (Lipinski definition) is 5. The predicted molar refractivity (Wildman–Crippen MR) is 69.5 cm³/mol. The monoisotopic (exact) mass is 254 g/mol. The van der Waals surface area contributed by atoms with E-state index in [2.05, 4.69) is 15.6 Å². The Morgan fingerprint density at radius 1 is 1.21 bits per heavy atom. The molecule has 0 unspecified atom stereocenters. The molecule has 0 fully saturated rings. The van der Waals surface area contributed by atoms with Gasteiger partial charge in [0.25, 0.3) is 0 Å². The SMILES string of the molecule is C1=C(c2ccco2)ONN1c1ccnc2[nH]ccc12. The van der Waals surface area contributed by atoms with Gasteiger partial charge in [-0.05, 0) is 24.3 Å². The van der Waals surface area contributed by atoms with Crippen molar-refractivity contribution in [2.75, 3.05) is 5.01 Å². The lowest BCUT2D eigenvalue weighted by Crippen LogP contribution is -2.27. The van der Waals surface area contributed by atoms with Crippen molar-refractivity contribution in [2.24, 2.45) is 0 Å². The topological polar surface area (TPSA) is 66.3 Å². The van der Waals surface area contributed by atoms with Crippen LogP contribution in [0, 0.1) is 0 Å². The number of aromatic amines is 1. The van der Waals surface area contributed by atoms with Crippen LogP contribution < -0.4 is 10.6 Å². The maximum atomic E-state index is 5.40. The Bertz CT molecular complexity index is 745. The van der Waals surface area contributed by atoms with Gasteiger partial charge in [0.05, 0.1) is 18.2 Å². The Balaban J connectivity index is 1.76. The molecule has 3 aromatic heterocycles. The van der Waals surface area contributed by atoms with E-state index < -0.39 is 0 Å². The quantitative estimate of drug-likeness (QED) is 0.735. The predicted octanol–water partition coefficient (Wildman–Crippen LogP) is 2.41. The van der Waals surface area contributed by atoms with Gasteiger partial charge in [-0.25, -0.2) is 9.99 Å². The lowest BCUT2D eigenvalue weighted by molar-refractivity contribution is 0.175. The van der Waals surface area contributed by atoms with Crippen LogP contribution in [0.15, 0.2) is 53.5 Å². The molecule has 19 heavy (non-hydrogen) atoms. The van der Waals surface area contributed by atoms with Crippen LogP contribution in [-0.4, -0.2) is 9.97 Å². The minimum absolute atomic E-state index is 0.630. The Morgan fingerprint density at radius 3 is 3.11 bits per heavy atom. The molecule has 0 atom stereocenters. The molecule has 1 aliphatic heterocycles. The Hall–Kier alpha value is -2.73. The molecule has 4 heterocycles. The second-order valence-electron chi connectivity index (χ2n) is 4.10. The largest absolute Gasteiger partial charge is 0.461 e. The van der Waals surface area contributed by atoms with Gasteiger partial charge >= 0.3 is 0 Å². The van der Waals surface area contributed by atoms with Crippen molar-refractivity contribution >= 4 is 22.5 Å². The molecule has 6 heteroatoms. The highest BCUT2D eigenvalue weighted by atomic mass is 16.7. The van der Waals surface area contributed by atoms with Gasteiger partial charge in [-0.15, -0.1) is 0 Å². The van der Waals surface area contributed by atoms with Crippen LogP contribution in [0.4, 0.5) is 5.69 Å². The fourth-order valence-corrected chi connectivity index (χ4v) is 2.08. The number of nitrogens with one attached hydrogen (secondary N) is 2. The maximum Gasteiger partial charge on any atom is 0.209 e. The third-order valence-corrected chi connectivity index (χ3v) is 2.96. The summed E-state index contributed by atoms with van der Waals surface area (Å²) in [6.07, 6.45) is 7.05. The average Bonchev–Trinajstić information content (AvgIpc) is 3.18. The zero-order chi connectivity index (χ0) is 12.7. The first-order valence-electron chi connectivity index (χ1n) is 5.81. The summed E-state index contributed by atoms with van der Waals surface area (Å²) in [4.78, 5) is 12.7. The smallest absolute Gasteiger partial charge is 0.209 e. The van der Waals surface area contributed by atoms with Gasteiger partial charge in [0.1, 0.15) is 5.65 Å². The maximum absolute atomic E-state index is 5.40. The van der Waals surface area contributed by atoms with Crippen LogP contribution in [0.2, 0.25) is 0 Å². The third-order valence-electron chi connectivity index (χ3n) is 2.96. The van der Waals surface area contributed by atoms with Crippen molar-refractivity contribution in [3.63, 3.8) is 0 Å². The van der Waals surface area contributed by atoms with Crippen molar-refractivity contribution in [3.05, 3.63) is 54.9 Å². The minimum atomic E-state index is 0.630. The first-order chi connectivity index (χ1) is 9.42. The van der Waals surface area contributed by atoms with Crippen molar-refractivity contribution in [1.29, 1.82) is 0 Å². The molecule has 0 spiro atoms. The number of pyridine rings is 1. The van der Waals surface area contributed by atoms with E-state index in [1.54, 1.807) is 17.5 Å². The molecule has 4 rings (SSSR count). The van der Waals surface area contributed by atoms with Crippen molar-refractivity contribution < 1.29 is 9.25 Å². The van der Waals surface area contributed by atoms with Gasteiger partial charge in [0.2, 0.25) is 5.76 Å². The molecule has 3 aromatic rings. The highest BCUT2D eigenvalue weighted by molar-refractivity contribution is 5.90. The highest BCUT2D eigenvalue weighted by Gasteiger charge is 2.20. The van der Waals surface area contributed by atoms with Crippen molar-refractivity contribution in [1.82, 2.24) is 15.6 Å². The van der Waals surface area contributed by atoms with E-state index in [4.69, 9.17) is 9.25 Å². The fraction of sp³-hybridized carbons (Fsp3) is 0. The summed E-state index contributed by atoms with van der Waals surface area (Å²) >= 11 is 0. The summed E-state index contributed by atoms with van der Waals surface area (Å²) in [6, 6.07) is 7.54. The zero-order valence-electron chi connectivity index (χ0n) is 9.83. The van der Waals surface area contributed by atoms with E-state index in [0.29, 0.717) is 11.5 Å². The van der Waals surface area contributed by atoms with E-state index in [0.717, 1.165) is 16.7 Å². The van der Waals surface area contributed by atoms with Gasteiger partial charge < -0.3 is 14.2 Å². The Labute approximate surface area is 108 Å². The third kappa shape index (κ3) is 1.58. The minimum Gasteiger partial charge on any atom is -0.461 e. The number of aromatic nitrogens is 2. The van der Waals surface area contributed by atoms with Gasteiger partial charge in [0.15, 0.2) is 5.76 Å². The van der Waals surface area contributed by atoms with Crippen molar-refractivity contribution in [2.45, 2.75) is 0 Å². The molecule has 0 saturated carbocycles. The normalized spacial score (nSPS) is 14.7. The first kappa shape index (κ1) is 10.2. The first-order valence-corrected chi connectivity index (χ1v) is 5.81. The molecule has 0 radical (unpaired) electrons. The number of anilines is 1. The number of H-pyrrole nitrogens is 1. The second-order valence-corrected chi connectivity index (χ2v) is 4.10. The van der Waals surface area contributed by atoms with E-state index in [1.165, 1.54) is 0 Å². The Morgan fingerprint density at radius 2 is 2.21 bits per heavy atom. The molecule has 0 aliphatic carbocycles. The van der Waals surface area contributed by atoms with Crippen LogP contribution in [0.5, 0.6) is 0 Å². The van der Waals surface area contributed by atoms with Crippen LogP contribution in [0.3, 0.4) is 0 Å². The molecule has 0 bridgehead atoms. The van der Waals surface area contributed by atoms with Crippen LogP contribution in [0.25, 0.3) is 16.8 Å².